The van der Waals surface area contributed by atoms with Gasteiger partial charge < -0.3 is 16.4 Å². The van der Waals surface area contributed by atoms with Crippen molar-refractivity contribution in [2.45, 2.75) is 0 Å². The molecule has 2 amide bonds. The maximum Gasteiger partial charge on any atom is 0.259 e. The zero-order chi connectivity index (χ0) is 15.7. The van der Waals surface area contributed by atoms with Crippen LogP contribution in [0.15, 0.2) is 47.2 Å². The molecule has 6 nitrogen and oxygen atoms in total. The molecule has 0 bridgehead atoms. The SMILES string of the molecule is NC(=O)c1cccc(NC=C2C(=O)Nc3ncc(Br)cc32)c1. The van der Waals surface area contributed by atoms with Crippen molar-refractivity contribution in [1.82, 2.24) is 4.98 Å². The van der Waals surface area contributed by atoms with Crippen LogP contribution in [0, 0.1) is 0 Å². The summed E-state index contributed by atoms with van der Waals surface area (Å²) < 4.78 is 0.782. The predicted molar refractivity (Wildman–Crippen MR) is 87.1 cm³/mol. The first kappa shape index (κ1) is 14.3. The quantitative estimate of drug-likeness (QED) is 0.733. The molecule has 0 unspecified atom stereocenters. The molecule has 3 rings (SSSR count). The number of carbonyl (C=O) groups excluding carboxylic acids is 2. The molecule has 22 heavy (non-hydrogen) atoms. The molecule has 0 fully saturated rings. The Kier molecular flexibility index (Phi) is 3.64. The van der Waals surface area contributed by atoms with Crippen molar-refractivity contribution in [3.8, 4) is 0 Å². The first-order valence-corrected chi connectivity index (χ1v) is 7.18. The second kappa shape index (κ2) is 5.61. The average molecular weight is 359 g/mol. The van der Waals surface area contributed by atoms with Gasteiger partial charge in [0.1, 0.15) is 5.82 Å². The number of hydrogen-bond donors (Lipinski definition) is 3. The molecule has 0 atom stereocenters. The van der Waals surface area contributed by atoms with Crippen LogP contribution >= 0.6 is 15.9 Å². The second-order valence-electron chi connectivity index (χ2n) is 4.65. The Bertz CT molecular complexity index is 817. The van der Waals surface area contributed by atoms with E-state index in [1.807, 2.05) is 6.07 Å². The Morgan fingerprint density at radius 1 is 1.36 bits per heavy atom. The number of amides is 2. The van der Waals surface area contributed by atoms with E-state index in [2.05, 4.69) is 31.5 Å². The highest BCUT2D eigenvalue weighted by Crippen LogP contribution is 2.31. The molecule has 1 aliphatic rings. The Balaban J connectivity index is 1.91. The largest absolute Gasteiger partial charge is 0.366 e. The summed E-state index contributed by atoms with van der Waals surface area (Å²) in [6, 6.07) is 8.54. The first-order chi connectivity index (χ1) is 10.5. The fourth-order valence-corrected chi connectivity index (χ4v) is 2.43. The van der Waals surface area contributed by atoms with Crippen molar-refractivity contribution in [3.05, 3.63) is 58.3 Å². The third kappa shape index (κ3) is 2.71. The number of hydrogen-bond acceptors (Lipinski definition) is 4. The molecule has 0 saturated carbocycles. The Labute approximate surface area is 134 Å². The van der Waals surface area contributed by atoms with Crippen LogP contribution < -0.4 is 16.4 Å². The lowest BCUT2D eigenvalue weighted by molar-refractivity contribution is -0.110. The van der Waals surface area contributed by atoms with Gasteiger partial charge in [0, 0.05) is 33.7 Å². The van der Waals surface area contributed by atoms with E-state index < -0.39 is 5.91 Å². The van der Waals surface area contributed by atoms with Crippen molar-refractivity contribution in [3.63, 3.8) is 0 Å². The molecular formula is C15H11BrN4O2. The molecule has 4 N–H and O–H groups in total. The number of aromatic nitrogens is 1. The van der Waals surface area contributed by atoms with Crippen LogP contribution in [0.3, 0.4) is 0 Å². The minimum absolute atomic E-state index is 0.237. The number of benzene rings is 1. The van der Waals surface area contributed by atoms with Gasteiger partial charge in [-0.25, -0.2) is 4.98 Å². The molecule has 1 aromatic carbocycles. The highest BCUT2D eigenvalue weighted by Gasteiger charge is 2.25. The fraction of sp³-hybridized carbons (Fsp3) is 0. The number of carbonyl (C=O) groups is 2. The number of anilines is 2. The molecular weight excluding hydrogens is 348 g/mol. The summed E-state index contributed by atoms with van der Waals surface area (Å²) in [5.74, 6) is -0.223. The standard InChI is InChI=1S/C15H11BrN4O2/c16-9-5-11-12(15(22)20-14(11)19-6-9)7-18-10-3-1-2-8(4-10)13(17)21/h1-7,18H,(H2,17,21)(H,19,20,22). The fourth-order valence-electron chi connectivity index (χ4n) is 2.10. The summed E-state index contributed by atoms with van der Waals surface area (Å²) in [5, 5.41) is 5.69. The third-order valence-corrected chi connectivity index (χ3v) is 3.58. The molecule has 0 aliphatic carbocycles. The Morgan fingerprint density at radius 3 is 2.95 bits per heavy atom. The van der Waals surface area contributed by atoms with E-state index in [0.29, 0.717) is 28.2 Å². The zero-order valence-electron chi connectivity index (χ0n) is 11.3. The number of nitrogens with two attached hydrogens (primary N) is 1. The van der Waals surface area contributed by atoms with Gasteiger partial charge in [-0.2, -0.15) is 0 Å². The predicted octanol–water partition coefficient (Wildman–Crippen LogP) is 2.35. The van der Waals surface area contributed by atoms with Gasteiger partial charge in [0.2, 0.25) is 5.91 Å². The summed E-state index contributed by atoms with van der Waals surface area (Å²) in [6.45, 7) is 0. The van der Waals surface area contributed by atoms with Gasteiger partial charge in [0.05, 0.1) is 5.57 Å². The second-order valence-corrected chi connectivity index (χ2v) is 5.57. The van der Waals surface area contributed by atoms with Gasteiger partial charge in [-0.05, 0) is 40.2 Å². The van der Waals surface area contributed by atoms with Crippen molar-refractivity contribution >= 4 is 44.8 Å². The van der Waals surface area contributed by atoms with Crippen LogP contribution in [0.2, 0.25) is 0 Å². The number of halogens is 1. The van der Waals surface area contributed by atoms with Crippen LogP contribution in [0.1, 0.15) is 15.9 Å². The number of nitrogens with one attached hydrogen (secondary N) is 2. The first-order valence-electron chi connectivity index (χ1n) is 6.38. The Morgan fingerprint density at radius 2 is 2.18 bits per heavy atom. The van der Waals surface area contributed by atoms with E-state index >= 15 is 0 Å². The minimum Gasteiger partial charge on any atom is -0.366 e. The molecule has 2 heterocycles. The highest BCUT2D eigenvalue weighted by molar-refractivity contribution is 9.10. The average Bonchev–Trinajstić information content (AvgIpc) is 2.80. The van der Waals surface area contributed by atoms with Gasteiger partial charge in [-0.15, -0.1) is 0 Å². The lowest BCUT2D eigenvalue weighted by Gasteiger charge is -2.04. The van der Waals surface area contributed by atoms with Crippen molar-refractivity contribution < 1.29 is 9.59 Å². The summed E-state index contributed by atoms with van der Waals surface area (Å²) in [4.78, 5) is 27.3. The third-order valence-electron chi connectivity index (χ3n) is 3.15. The zero-order valence-corrected chi connectivity index (χ0v) is 12.8. The summed E-state index contributed by atoms with van der Waals surface area (Å²) in [7, 11) is 0. The number of nitrogens with zero attached hydrogens (tertiary/aromatic N) is 1. The lowest BCUT2D eigenvalue weighted by Crippen LogP contribution is -2.11. The molecule has 1 aliphatic heterocycles. The number of rotatable bonds is 3. The number of primary amides is 1. The Hall–Kier alpha value is -2.67. The van der Waals surface area contributed by atoms with Crippen molar-refractivity contribution in [1.29, 1.82) is 0 Å². The van der Waals surface area contributed by atoms with Crippen LogP contribution in [-0.4, -0.2) is 16.8 Å². The van der Waals surface area contributed by atoms with Gasteiger partial charge >= 0.3 is 0 Å². The van der Waals surface area contributed by atoms with Crippen LogP contribution in [0.25, 0.3) is 5.57 Å². The van der Waals surface area contributed by atoms with Crippen molar-refractivity contribution in [2.24, 2.45) is 5.73 Å². The lowest BCUT2D eigenvalue weighted by atomic mass is 10.1. The topological polar surface area (TPSA) is 97.1 Å². The maximum atomic E-state index is 12.0. The van der Waals surface area contributed by atoms with E-state index in [4.69, 9.17) is 5.73 Å². The maximum absolute atomic E-state index is 12.0. The molecule has 110 valence electrons. The monoisotopic (exact) mass is 358 g/mol. The van der Waals surface area contributed by atoms with Gasteiger partial charge in [0.15, 0.2) is 0 Å². The molecule has 0 radical (unpaired) electrons. The van der Waals surface area contributed by atoms with E-state index in [1.165, 1.54) is 0 Å². The summed E-state index contributed by atoms with van der Waals surface area (Å²) in [5.41, 5.74) is 7.47. The van der Waals surface area contributed by atoms with E-state index in [9.17, 15) is 9.59 Å². The minimum atomic E-state index is -0.506. The normalized spacial score (nSPS) is 14.6. The highest BCUT2D eigenvalue weighted by atomic mass is 79.9. The van der Waals surface area contributed by atoms with Crippen LogP contribution in [0.5, 0.6) is 0 Å². The number of pyridine rings is 1. The van der Waals surface area contributed by atoms with Crippen LogP contribution in [-0.2, 0) is 4.79 Å². The summed E-state index contributed by atoms with van der Waals surface area (Å²) in [6.07, 6.45) is 3.20. The van der Waals surface area contributed by atoms with E-state index in [1.54, 1.807) is 36.7 Å². The molecule has 7 heteroatoms. The van der Waals surface area contributed by atoms with E-state index in [0.717, 1.165) is 4.47 Å². The van der Waals surface area contributed by atoms with Crippen molar-refractivity contribution in [2.75, 3.05) is 10.6 Å². The molecule has 0 saturated heterocycles. The molecule has 2 aromatic rings. The van der Waals surface area contributed by atoms with Crippen LogP contribution in [0.4, 0.5) is 11.5 Å². The smallest absolute Gasteiger partial charge is 0.259 e. The summed E-state index contributed by atoms with van der Waals surface area (Å²) >= 11 is 3.33. The van der Waals surface area contributed by atoms with Gasteiger partial charge in [0.25, 0.3) is 5.91 Å². The van der Waals surface area contributed by atoms with Gasteiger partial charge in [-0.1, -0.05) is 6.07 Å². The number of fused-ring (bicyclic) bond motifs is 1. The van der Waals surface area contributed by atoms with E-state index in [-0.39, 0.29) is 5.91 Å². The van der Waals surface area contributed by atoms with Gasteiger partial charge in [-0.3, -0.25) is 9.59 Å². The molecule has 1 aromatic heterocycles. The molecule has 0 spiro atoms.